The molecule has 50 heavy (non-hydrogen) atoms. The zero-order valence-corrected chi connectivity index (χ0v) is 30.0. The Morgan fingerprint density at radius 3 is 1.72 bits per heavy atom. The Labute approximate surface area is 297 Å². The Bertz CT molecular complexity index is 1850. The van der Waals surface area contributed by atoms with Crippen LogP contribution in [-0.2, 0) is 4.74 Å². The van der Waals surface area contributed by atoms with Crippen LogP contribution in [0.5, 0.6) is 11.5 Å². The van der Waals surface area contributed by atoms with E-state index in [1.807, 2.05) is 104 Å². The number of esters is 1. The Hall–Kier alpha value is -4.84. The Balaban J connectivity index is 1.34. The quantitative estimate of drug-likeness (QED) is 0.0684. The van der Waals surface area contributed by atoms with Crippen LogP contribution in [0.25, 0.3) is 21.5 Å². The van der Waals surface area contributed by atoms with Crippen LogP contribution in [0.2, 0.25) is 0 Å². The van der Waals surface area contributed by atoms with Crippen molar-refractivity contribution in [3.8, 4) is 11.5 Å². The molecule has 0 radical (unpaired) electrons. The zero-order chi connectivity index (χ0) is 35.3. The maximum Gasteiger partial charge on any atom is 0.339 e. The van der Waals surface area contributed by atoms with Crippen molar-refractivity contribution in [1.82, 2.24) is 4.90 Å². The van der Waals surface area contributed by atoms with Gasteiger partial charge in [0, 0.05) is 12.6 Å². The maximum absolute atomic E-state index is 14.1. The molecule has 5 aromatic carbocycles. The summed E-state index contributed by atoms with van der Waals surface area (Å²) >= 11 is 0. The molecule has 0 spiro atoms. The van der Waals surface area contributed by atoms with E-state index in [0.29, 0.717) is 24.3 Å². The molecule has 5 rings (SSSR count). The summed E-state index contributed by atoms with van der Waals surface area (Å²) in [6.45, 7) is 7.66. The molecule has 0 saturated heterocycles. The molecule has 6 nitrogen and oxygen atoms in total. The van der Waals surface area contributed by atoms with Gasteiger partial charge in [-0.15, -0.1) is 0 Å². The van der Waals surface area contributed by atoms with Gasteiger partial charge in [0.25, 0.3) is 5.91 Å². The standard InChI is InChI=1S/C44H51NO5/c1-5-7-9-14-28-48-36-24-26-38-34(30-36)20-16-22-40(38)43(46)45(4)32(3)42(33-18-12-11-13-19-33)50-44(47)41-23-17-21-35-31-37(25-27-39(35)41)49-29-15-10-8-6-2/h11-13,16-27,30-32,42H,5-10,14-15,28-29H2,1-4H3/t32-,42-/m0/s1. The molecular weight excluding hydrogens is 622 g/mol. The summed E-state index contributed by atoms with van der Waals surface area (Å²) < 4.78 is 18.3. The summed E-state index contributed by atoms with van der Waals surface area (Å²) in [7, 11) is 1.77. The Morgan fingerprint density at radius 1 is 0.620 bits per heavy atom. The number of fused-ring (bicyclic) bond motifs is 2. The van der Waals surface area contributed by atoms with E-state index in [1.54, 1.807) is 18.0 Å². The molecule has 0 aromatic heterocycles. The first-order valence-electron chi connectivity index (χ1n) is 18.3. The minimum Gasteiger partial charge on any atom is -0.494 e. The molecule has 0 aliphatic rings. The average molecular weight is 674 g/mol. The highest BCUT2D eigenvalue weighted by molar-refractivity contribution is 6.07. The Morgan fingerprint density at radius 2 is 1.16 bits per heavy atom. The third kappa shape index (κ3) is 9.23. The molecule has 0 saturated carbocycles. The SMILES string of the molecule is CCCCCCOc1ccc2c(C(=O)O[C@H](c3ccccc3)[C@H](C)N(C)C(=O)c3cccc4cc(OCCCCCC)ccc34)cccc2c1. The number of unbranched alkanes of at least 4 members (excludes halogenated alkanes) is 6. The first-order chi connectivity index (χ1) is 24.4. The highest BCUT2D eigenvalue weighted by atomic mass is 16.5. The normalized spacial score (nSPS) is 12.4. The lowest BCUT2D eigenvalue weighted by molar-refractivity contribution is 0.00588. The van der Waals surface area contributed by atoms with Crippen molar-refractivity contribution in [3.05, 3.63) is 120 Å². The molecule has 0 heterocycles. The van der Waals surface area contributed by atoms with Gasteiger partial charge in [0.15, 0.2) is 0 Å². The van der Waals surface area contributed by atoms with E-state index < -0.39 is 18.1 Å². The summed E-state index contributed by atoms with van der Waals surface area (Å²) in [5, 5.41) is 3.49. The van der Waals surface area contributed by atoms with Gasteiger partial charge in [0.1, 0.15) is 17.6 Å². The summed E-state index contributed by atoms with van der Waals surface area (Å²) in [5.41, 5.74) is 1.86. The number of carbonyl (C=O) groups is 2. The van der Waals surface area contributed by atoms with E-state index in [0.717, 1.165) is 64.3 Å². The van der Waals surface area contributed by atoms with Crippen molar-refractivity contribution in [2.75, 3.05) is 20.3 Å². The second-order valence-corrected chi connectivity index (χ2v) is 13.1. The van der Waals surface area contributed by atoms with Crippen molar-refractivity contribution >= 4 is 33.4 Å². The van der Waals surface area contributed by atoms with Gasteiger partial charge in [-0.05, 0) is 95.4 Å². The van der Waals surface area contributed by atoms with E-state index in [1.165, 1.54) is 25.7 Å². The Kier molecular flexibility index (Phi) is 13.3. The summed E-state index contributed by atoms with van der Waals surface area (Å²) in [5.74, 6) is 0.990. The molecule has 0 aliphatic heterocycles. The molecule has 0 fully saturated rings. The van der Waals surface area contributed by atoms with Gasteiger partial charge in [-0.25, -0.2) is 4.79 Å². The third-order valence-electron chi connectivity index (χ3n) is 9.42. The second-order valence-electron chi connectivity index (χ2n) is 13.1. The van der Waals surface area contributed by atoms with Crippen LogP contribution in [0.1, 0.15) is 105 Å². The molecule has 2 atom stereocenters. The summed E-state index contributed by atoms with van der Waals surface area (Å²) in [6, 6.07) is 32.2. The zero-order valence-electron chi connectivity index (χ0n) is 30.0. The largest absolute Gasteiger partial charge is 0.494 e. The lowest BCUT2D eigenvalue weighted by atomic mass is 9.99. The predicted molar refractivity (Wildman–Crippen MR) is 203 cm³/mol. The first kappa shape index (κ1) is 36.4. The van der Waals surface area contributed by atoms with Crippen molar-refractivity contribution < 1.29 is 23.8 Å². The molecule has 6 heteroatoms. The van der Waals surface area contributed by atoms with Crippen LogP contribution in [0.3, 0.4) is 0 Å². The number of hydrogen-bond acceptors (Lipinski definition) is 5. The highest BCUT2D eigenvalue weighted by Crippen LogP contribution is 2.31. The van der Waals surface area contributed by atoms with Crippen LogP contribution < -0.4 is 9.47 Å². The molecule has 0 aliphatic carbocycles. The third-order valence-corrected chi connectivity index (χ3v) is 9.42. The fraction of sp³-hybridized carbons (Fsp3) is 0.364. The number of rotatable bonds is 18. The number of benzene rings is 5. The predicted octanol–water partition coefficient (Wildman–Crippen LogP) is 11.0. The van der Waals surface area contributed by atoms with E-state index in [9.17, 15) is 9.59 Å². The van der Waals surface area contributed by atoms with Gasteiger partial charge in [-0.1, -0.05) is 107 Å². The number of carbonyl (C=O) groups excluding carboxylic acids is 2. The fourth-order valence-corrected chi connectivity index (χ4v) is 6.35. The second kappa shape index (κ2) is 18.2. The van der Waals surface area contributed by atoms with E-state index in [4.69, 9.17) is 14.2 Å². The van der Waals surface area contributed by atoms with Gasteiger partial charge in [0.05, 0.1) is 24.8 Å². The lowest BCUT2D eigenvalue weighted by Gasteiger charge is -2.32. The smallest absolute Gasteiger partial charge is 0.339 e. The number of amides is 1. The van der Waals surface area contributed by atoms with Crippen LogP contribution in [0.4, 0.5) is 0 Å². The van der Waals surface area contributed by atoms with Gasteiger partial charge in [-0.2, -0.15) is 0 Å². The van der Waals surface area contributed by atoms with Gasteiger partial charge in [0.2, 0.25) is 0 Å². The summed E-state index contributed by atoms with van der Waals surface area (Å²) in [6.07, 6.45) is 8.44. The van der Waals surface area contributed by atoms with E-state index in [-0.39, 0.29) is 5.91 Å². The van der Waals surface area contributed by atoms with E-state index in [2.05, 4.69) is 13.8 Å². The van der Waals surface area contributed by atoms with Crippen LogP contribution in [0.15, 0.2) is 103 Å². The molecule has 262 valence electrons. The van der Waals surface area contributed by atoms with Gasteiger partial charge < -0.3 is 19.1 Å². The van der Waals surface area contributed by atoms with Crippen molar-refractivity contribution in [1.29, 1.82) is 0 Å². The van der Waals surface area contributed by atoms with Gasteiger partial charge in [-0.3, -0.25) is 4.79 Å². The monoisotopic (exact) mass is 673 g/mol. The molecule has 0 bridgehead atoms. The minimum atomic E-state index is -0.707. The molecule has 0 unspecified atom stereocenters. The van der Waals surface area contributed by atoms with Crippen molar-refractivity contribution in [3.63, 3.8) is 0 Å². The molecule has 0 N–H and O–H groups in total. The lowest BCUT2D eigenvalue weighted by Crippen LogP contribution is -2.40. The van der Waals surface area contributed by atoms with Crippen LogP contribution in [0, 0.1) is 0 Å². The van der Waals surface area contributed by atoms with E-state index >= 15 is 0 Å². The first-order valence-corrected chi connectivity index (χ1v) is 18.3. The van der Waals surface area contributed by atoms with Gasteiger partial charge >= 0.3 is 5.97 Å². The average Bonchev–Trinajstić information content (AvgIpc) is 3.15. The minimum absolute atomic E-state index is 0.152. The number of ether oxygens (including phenoxy) is 3. The highest BCUT2D eigenvalue weighted by Gasteiger charge is 2.31. The van der Waals surface area contributed by atoms with Crippen LogP contribution in [-0.4, -0.2) is 43.1 Å². The van der Waals surface area contributed by atoms with Crippen LogP contribution >= 0.6 is 0 Å². The van der Waals surface area contributed by atoms with Crippen molar-refractivity contribution in [2.24, 2.45) is 0 Å². The van der Waals surface area contributed by atoms with Crippen molar-refractivity contribution in [2.45, 2.75) is 84.3 Å². The number of hydrogen-bond donors (Lipinski definition) is 0. The topological polar surface area (TPSA) is 65.1 Å². The molecule has 1 amide bonds. The molecular formula is C44H51NO5. The number of nitrogens with zero attached hydrogens (tertiary/aromatic N) is 1. The maximum atomic E-state index is 14.1. The fourth-order valence-electron chi connectivity index (χ4n) is 6.35. The summed E-state index contributed by atoms with van der Waals surface area (Å²) in [4.78, 5) is 29.7. The molecule has 5 aromatic rings. The number of likely N-dealkylation sites (N-methyl/N-ethyl adjacent to an activating group) is 1.